The molecule has 0 bridgehead atoms. The topological polar surface area (TPSA) is 67.3 Å². The molecule has 6 nitrogen and oxygen atoms in total. The van der Waals surface area contributed by atoms with E-state index >= 15 is 0 Å². The Bertz CT molecular complexity index is 578. The van der Waals surface area contributed by atoms with Crippen molar-refractivity contribution in [3.8, 4) is 0 Å². The number of hydrogen-bond acceptors (Lipinski definition) is 5. The van der Waals surface area contributed by atoms with Gasteiger partial charge in [0.15, 0.2) is 0 Å². The lowest BCUT2D eigenvalue weighted by Gasteiger charge is -2.28. The fourth-order valence-electron chi connectivity index (χ4n) is 2.73. The zero-order valence-electron chi connectivity index (χ0n) is 14.3. The summed E-state index contributed by atoms with van der Waals surface area (Å²) in [6, 6.07) is 0. The fraction of sp³-hybridized carbons (Fsp3) is 0.706. The van der Waals surface area contributed by atoms with Crippen LogP contribution in [0.15, 0.2) is 6.20 Å². The first kappa shape index (κ1) is 16.2. The van der Waals surface area contributed by atoms with Crippen molar-refractivity contribution in [2.45, 2.75) is 58.1 Å². The number of carbonyl (C=O) groups excluding carboxylic acids is 1. The largest absolute Gasteiger partial charge is 0.444 e. The minimum absolute atomic E-state index is 0.353. The molecule has 6 heteroatoms. The predicted octanol–water partition coefficient (Wildman–Crippen LogP) is 2.24. The lowest BCUT2D eigenvalue weighted by atomic mass is 10.1. The van der Waals surface area contributed by atoms with Crippen molar-refractivity contribution >= 4 is 6.09 Å². The van der Waals surface area contributed by atoms with Gasteiger partial charge in [-0.1, -0.05) is 0 Å². The van der Waals surface area contributed by atoms with Gasteiger partial charge < -0.3 is 10.1 Å². The molecule has 1 aromatic rings. The summed E-state index contributed by atoms with van der Waals surface area (Å²) in [4.78, 5) is 23.2. The van der Waals surface area contributed by atoms with Crippen molar-refractivity contribution in [2.24, 2.45) is 0 Å². The summed E-state index contributed by atoms with van der Waals surface area (Å²) < 4.78 is 5.24. The van der Waals surface area contributed by atoms with E-state index in [0.717, 1.165) is 37.6 Å². The second-order valence-electron chi connectivity index (χ2n) is 7.43. The molecule has 2 heterocycles. The van der Waals surface area contributed by atoms with E-state index in [1.807, 2.05) is 27.0 Å². The predicted molar refractivity (Wildman–Crippen MR) is 87.2 cm³/mol. The maximum atomic E-state index is 11.7. The Kier molecular flexibility index (Phi) is 4.53. The van der Waals surface area contributed by atoms with Gasteiger partial charge in [-0.3, -0.25) is 4.90 Å². The molecule has 0 aromatic carbocycles. The van der Waals surface area contributed by atoms with E-state index in [0.29, 0.717) is 12.5 Å². The minimum Gasteiger partial charge on any atom is -0.444 e. The van der Waals surface area contributed by atoms with Gasteiger partial charge in [-0.2, -0.15) is 0 Å². The lowest BCUT2D eigenvalue weighted by molar-refractivity contribution is 0.0521. The summed E-state index contributed by atoms with van der Waals surface area (Å²) in [5.74, 6) is 1.60. The molecule has 1 saturated carbocycles. The standard InChI is InChI=1S/C17H26N4O2/c1-17(2,3)23-16(22)18-7-9-21-8-6-13-10-19-15(12-4-5-12)20-14(13)11-21/h10,12H,4-9,11H2,1-3H3,(H,18,22). The molecule has 3 rings (SSSR count). The third-order valence-corrected chi connectivity index (χ3v) is 4.08. The Morgan fingerprint density at radius 2 is 2.22 bits per heavy atom. The van der Waals surface area contributed by atoms with E-state index in [1.54, 1.807) is 0 Å². The highest BCUT2D eigenvalue weighted by Gasteiger charge is 2.28. The summed E-state index contributed by atoms with van der Waals surface area (Å²) in [6.07, 6.45) is 5.08. The van der Waals surface area contributed by atoms with Crippen LogP contribution in [0.1, 0.15) is 56.6 Å². The first-order valence-electron chi connectivity index (χ1n) is 8.44. The number of aromatic nitrogens is 2. The highest BCUT2D eigenvalue weighted by atomic mass is 16.6. The maximum Gasteiger partial charge on any atom is 0.407 e. The Balaban J connectivity index is 1.47. The van der Waals surface area contributed by atoms with Crippen LogP contribution >= 0.6 is 0 Å². The van der Waals surface area contributed by atoms with Crippen LogP contribution < -0.4 is 5.32 Å². The van der Waals surface area contributed by atoms with E-state index in [2.05, 4.69) is 15.2 Å². The second-order valence-corrected chi connectivity index (χ2v) is 7.43. The van der Waals surface area contributed by atoms with Crippen LogP contribution in [0, 0.1) is 0 Å². The smallest absolute Gasteiger partial charge is 0.407 e. The van der Waals surface area contributed by atoms with Gasteiger partial charge in [0.25, 0.3) is 0 Å². The molecule has 0 saturated heterocycles. The summed E-state index contributed by atoms with van der Waals surface area (Å²) in [7, 11) is 0. The Morgan fingerprint density at radius 3 is 2.91 bits per heavy atom. The van der Waals surface area contributed by atoms with E-state index in [9.17, 15) is 4.79 Å². The molecule has 2 aliphatic rings. The molecular formula is C17H26N4O2. The van der Waals surface area contributed by atoms with Crippen LogP contribution in [0.5, 0.6) is 0 Å². The van der Waals surface area contributed by atoms with Crippen molar-refractivity contribution in [2.75, 3.05) is 19.6 Å². The van der Waals surface area contributed by atoms with Gasteiger partial charge >= 0.3 is 6.09 Å². The molecule has 1 amide bonds. The number of carbonyl (C=O) groups is 1. The number of hydrogen-bond donors (Lipinski definition) is 1. The molecule has 1 N–H and O–H groups in total. The second kappa shape index (κ2) is 6.43. The zero-order valence-corrected chi connectivity index (χ0v) is 14.3. The number of nitrogens with zero attached hydrogens (tertiary/aromatic N) is 3. The number of fused-ring (bicyclic) bond motifs is 1. The van der Waals surface area contributed by atoms with Crippen LogP contribution in [0.3, 0.4) is 0 Å². The van der Waals surface area contributed by atoms with Gasteiger partial charge in [0.2, 0.25) is 0 Å². The molecular weight excluding hydrogens is 292 g/mol. The van der Waals surface area contributed by atoms with Crippen LogP contribution in [0.25, 0.3) is 0 Å². The number of amides is 1. The monoisotopic (exact) mass is 318 g/mol. The van der Waals surface area contributed by atoms with E-state index in [4.69, 9.17) is 9.72 Å². The Hall–Kier alpha value is -1.69. The molecule has 23 heavy (non-hydrogen) atoms. The SMILES string of the molecule is CC(C)(C)OC(=O)NCCN1CCc2cnc(C3CC3)nc2C1. The molecule has 0 unspecified atom stereocenters. The minimum atomic E-state index is -0.454. The summed E-state index contributed by atoms with van der Waals surface area (Å²) >= 11 is 0. The van der Waals surface area contributed by atoms with Gasteiger partial charge in [-0.05, 0) is 45.6 Å². The summed E-state index contributed by atoms with van der Waals surface area (Å²) in [5.41, 5.74) is 1.97. The van der Waals surface area contributed by atoms with Gasteiger partial charge in [0.1, 0.15) is 11.4 Å². The third-order valence-electron chi connectivity index (χ3n) is 4.08. The first-order chi connectivity index (χ1) is 10.9. The van der Waals surface area contributed by atoms with Crippen molar-refractivity contribution in [3.63, 3.8) is 0 Å². The molecule has 1 fully saturated rings. The molecule has 1 aliphatic heterocycles. The number of rotatable bonds is 4. The normalized spacial score (nSPS) is 18.4. The van der Waals surface area contributed by atoms with Crippen molar-refractivity contribution in [1.82, 2.24) is 20.2 Å². The molecule has 0 radical (unpaired) electrons. The van der Waals surface area contributed by atoms with Crippen LogP contribution in [-0.2, 0) is 17.7 Å². The van der Waals surface area contributed by atoms with Crippen molar-refractivity contribution < 1.29 is 9.53 Å². The van der Waals surface area contributed by atoms with E-state index in [1.165, 1.54) is 18.4 Å². The van der Waals surface area contributed by atoms with Gasteiger partial charge in [-0.15, -0.1) is 0 Å². The quantitative estimate of drug-likeness (QED) is 0.922. The van der Waals surface area contributed by atoms with Gasteiger partial charge in [0.05, 0.1) is 5.69 Å². The average Bonchev–Trinajstić information content (AvgIpc) is 3.29. The molecule has 0 spiro atoms. The van der Waals surface area contributed by atoms with Gasteiger partial charge in [-0.25, -0.2) is 14.8 Å². The molecule has 1 aromatic heterocycles. The third kappa shape index (κ3) is 4.64. The Labute approximate surface area is 137 Å². The summed E-state index contributed by atoms with van der Waals surface area (Å²) in [5, 5.41) is 2.81. The Morgan fingerprint density at radius 1 is 1.43 bits per heavy atom. The van der Waals surface area contributed by atoms with E-state index in [-0.39, 0.29) is 6.09 Å². The van der Waals surface area contributed by atoms with E-state index < -0.39 is 5.60 Å². The van der Waals surface area contributed by atoms with Gasteiger partial charge in [0, 0.05) is 38.3 Å². The zero-order chi connectivity index (χ0) is 16.4. The highest BCUT2D eigenvalue weighted by molar-refractivity contribution is 5.67. The van der Waals surface area contributed by atoms with Crippen LogP contribution in [0.2, 0.25) is 0 Å². The number of ether oxygens (including phenoxy) is 1. The first-order valence-corrected chi connectivity index (χ1v) is 8.44. The maximum absolute atomic E-state index is 11.7. The molecule has 126 valence electrons. The molecule has 1 aliphatic carbocycles. The lowest BCUT2D eigenvalue weighted by Crippen LogP contribution is -2.40. The van der Waals surface area contributed by atoms with Crippen LogP contribution in [-0.4, -0.2) is 46.2 Å². The molecule has 0 atom stereocenters. The fourth-order valence-corrected chi connectivity index (χ4v) is 2.73. The average molecular weight is 318 g/mol. The van der Waals surface area contributed by atoms with Crippen molar-refractivity contribution in [3.05, 3.63) is 23.3 Å². The summed E-state index contributed by atoms with van der Waals surface area (Å²) in [6.45, 7) is 8.82. The number of nitrogens with one attached hydrogen (secondary N) is 1. The number of alkyl carbamates (subject to hydrolysis) is 1. The van der Waals surface area contributed by atoms with Crippen molar-refractivity contribution in [1.29, 1.82) is 0 Å². The van der Waals surface area contributed by atoms with Crippen LogP contribution in [0.4, 0.5) is 4.79 Å². The highest BCUT2D eigenvalue weighted by Crippen LogP contribution is 2.38.